The Morgan fingerprint density at radius 2 is 1.72 bits per heavy atom. The van der Waals surface area contributed by atoms with E-state index in [0.717, 1.165) is 29.0 Å². The Morgan fingerprint density at radius 3 is 2.34 bits per heavy atom. The predicted octanol–water partition coefficient (Wildman–Crippen LogP) is 3.30. The molecule has 174 valence electrons. The van der Waals surface area contributed by atoms with Gasteiger partial charge in [0.05, 0.1) is 27.9 Å². The molecule has 0 saturated heterocycles. The van der Waals surface area contributed by atoms with Crippen molar-refractivity contribution in [2.24, 2.45) is 4.99 Å². The number of hydrogen-bond donors (Lipinski definition) is 2. The molecule has 8 heteroatoms. The third kappa shape index (κ3) is 5.12. The fourth-order valence-electron chi connectivity index (χ4n) is 3.79. The Kier molecular flexibility index (Phi) is 7.92. The molecule has 0 aromatic heterocycles. The van der Waals surface area contributed by atoms with E-state index in [1.54, 1.807) is 28.4 Å². The summed E-state index contributed by atoms with van der Waals surface area (Å²) < 4.78 is 28.2. The minimum Gasteiger partial charge on any atom is -0.494 e. The van der Waals surface area contributed by atoms with Crippen molar-refractivity contribution in [3.63, 3.8) is 0 Å². The SMILES string of the molecule is CCOc1cc2c(cc1CNC(=NC)NCc1ccc(OC)c(OC)c1OC)OC(C)C2. The maximum absolute atomic E-state index is 5.92. The van der Waals surface area contributed by atoms with Crippen molar-refractivity contribution in [2.75, 3.05) is 35.0 Å². The zero-order valence-electron chi connectivity index (χ0n) is 19.7. The van der Waals surface area contributed by atoms with Crippen LogP contribution in [-0.2, 0) is 19.5 Å². The van der Waals surface area contributed by atoms with Gasteiger partial charge in [0.2, 0.25) is 5.75 Å². The molecular formula is C24H33N3O5. The van der Waals surface area contributed by atoms with Crippen LogP contribution in [0.5, 0.6) is 28.7 Å². The summed E-state index contributed by atoms with van der Waals surface area (Å²) in [6, 6.07) is 7.94. The molecule has 1 unspecified atom stereocenters. The number of methoxy groups -OCH3 is 3. The van der Waals surface area contributed by atoms with Gasteiger partial charge < -0.3 is 34.3 Å². The molecule has 0 spiro atoms. The fourth-order valence-corrected chi connectivity index (χ4v) is 3.79. The highest BCUT2D eigenvalue weighted by molar-refractivity contribution is 5.80. The van der Waals surface area contributed by atoms with Gasteiger partial charge in [-0.1, -0.05) is 0 Å². The van der Waals surface area contributed by atoms with Crippen molar-refractivity contribution in [2.45, 2.75) is 39.5 Å². The van der Waals surface area contributed by atoms with Crippen LogP contribution in [0.25, 0.3) is 0 Å². The summed E-state index contributed by atoms with van der Waals surface area (Å²) in [5.41, 5.74) is 3.13. The van der Waals surface area contributed by atoms with Crippen LogP contribution in [0.15, 0.2) is 29.3 Å². The predicted molar refractivity (Wildman–Crippen MR) is 125 cm³/mol. The molecule has 1 heterocycles. The van der Waals surface area contributed by atoms with Crippen molar-refractivity contribution in [3.8, 4) is 28.7 Å². The van der Waals surface area contributed by atoms with Crippen LogP contribution in [0.2, 0.25) is 0 Å². The topological polar surface area (TPSA) is 82.6 Å². The number of guanidine groups is 1. The van der Waals surface area contributed by atoms with Crippen LogP contribution in [-0.4, -0.2) is 47.0 Å². The summed E-state index contributed by atoms with van der Waals surface area (Å²) in [6.45, 7) is 5.71. The van der Waals surface area contributed by atoms with Gasteiger partial charge in [0.1, 0.15) is 17.6 Å². The standard InChI is InChI=1S/C24H33N3O5/c1-7-31-20-11-17-10-15(2)32-21(17)12-18(20)14-27-24(25-3)26-13-16-8-9-19(28-4)23(30-6)22(16)29-5/h8-9,11-12,15H,7,10,13-14H2,1-6H3,(H2,25,26,27). The van der Waals surface area contributed by atoms with Gasteiger partial charge in [0.15, 0.2) is 17.5 Å². The van der Waals surface area contributed by atoms with Gasteiger partial charge in [0, 0.05) is 43.2 Å². The van der Waals surface area contributed by atoms with Crippen LogP contribution in [0, 0.1) is 0 Å². The molecule has 0 bridgehead atoms. The minimum atomic E-state index is 0.189. The molecule has 8 nitrogen and oxygen atoms in total. The largest absolute Gasteiger partial charge is 0.494 e. The zero-order valence-corrected chi connectivity index (χ0v) is 19.7. The highest BCUT2D eigenvalue weighted by Crippen LogP contribution is 2.39. The van der Waals surface area contributed by atoms with Gasteiger partial charge in [-0.05, 0) is 38.1 Å². The Bertz CT molecular complexity index is 961. The molecule has 32 heavy (non-hydrogen) atoms. The summed E-state index contributed by atoms with van der Waals surface area (Å²) >= 11 is 0. The second-order valence-electron chi connectivity index (χ2n) is 7.41. The van der Waals surface area contributed by atoms with Crippen molar-refractivity contribution < 1.29 is 23.7 Å². The highest BCUT2D eigenvalue weighted by atomic mass is 16.5. The lowest BCUT2D eigenvalue weighted by molar-refractivity contribution is 0.254. The van der Waals surface area contributed by atoms with E-state index in [1.807, 2.05) is 19.1 Å². The van der Waals surface area contributed by atoms with Gasteiger partial charge in [0.25, 0.3) is 0 Å². The zero-order chi connectivity index (χ0) is 23.1. The number of hydrogen-bond acceptors (Lipinski definition) is 6. The van der Waals surface area contributed by atoms with E-state index in [4.69, 9.17) is 23.7 Å². The van der Waals surface area contributed by atoms with Crippen molar-refractivity contribution in [1.82, 2.24) is 10.6 Å². The molecule has 0 amide bonds. The van der Waals surface area contributed by atoms with Gasteiger partial charge in [-0.25, -0.2) is 0 Å². The monoisotopic (exact) mass is 443 g/mol. The van der Waals surface area contributed by atoms with Gasteiger partial charge in [-0.2, -0.15) is 0 Å². The van der Waals surface area contributed by atoms with Gasteiger partial charge >= 0.3 is 0 Å². The number of rotatable bonds is 9. The first-order chi connectivity index (χ1) is 15.5. The third-order valence-corrected chi connectivity index (χ3v) is 5.28. The summed E-state index contributed by atoms with van der Waals surface area (Å²) in [4.78, 5) is 4.34. The van der Waals surface area contributed by atoms with E-state index in [9.17, 15) is 0 Å². The molecule has 2 aromatic carbocycles. The van der Waals surface area contributed by atoms with E-state index < -0.39 is 0 Å². The van der Waals surface area contributed by atoms with Gasteiger partial charge in [-0.15, -0.1) is 0 Å². The van der Waals surface area contributed by atoms with E-state index in [0.29, 0.717) is 42.9 Å². The molecule has 0 aliphatic carbocycles. The first-order valence-electron chi connectivity index (χ1n) is 10.7. The Labute approximate surface area is 189 Å². The first-order valence-corrected chi connectivity index (χ1v) is 10.7. The normalized spacial score (nSPS) is 14.9. The first kappa shape index (κ1) is 23.4. The van der Waals surface area contributed by atoms with Crippen LogP contribution in [0.4, 0.5) is 0 Å². The molecule has 0 saturated carbocycles. The van der Waals surface area contributed by atoms with Crippen LogP contribution >= 0.6 is 0 Å². The number of aliphatic imine (C=N–C) groups is 1. The van der Waals surface area contributed by atoms with E-state index >= 15 is 0 Å². The van der Waals surface area contributed by atoms with Gasteiger partial charge in [-0.3, -0.25) is 4.99 Å². The smallest absolute Gasteiger partial charge is 0.203 e. The number of benzene rings is 2. The summed E-state index contributed by atoms with van der Waals surface area (Å²) in [6.07, 6.45) is 1.09. The fraction of sp³-hybridized carbons (Fsp3) is 0.458. The van der Waals surface area contributed by atoms with Crippen LogP contribution in [0.1, 0.15) is 30.5 Å². The molecule has 0 radical (unpaired) electrons. The van der Waals surface area contributed by atoms with Crippen molar-refractivity contribution >= 4 is 5.96 Å². The van der Waals surface area contributed by atoms with Crippen LogP contribution < -0.4 is 34.3 Å². The number of fused-ring (bicyclic) bond motifs is 1. The lowest BCUT2D eigenvalue weighted by Crippen LogP contribution is -2.36. The summed E-state index contributed by atoms with van der Waals surface area (Å²) in [5.74, 6) is 4.25. The third-order valence-electron chi connectivity index (χ3n) is 5.28. The molecule has 2 aromatic rings. The molecule has 1 aliphatic heterocycles. The van der Waals surface area contributed by atoms with E-state index in [1.165, 1.54) is 5.56 Å². The minimum absolute atomic E-state index is 0.189. The summed E-state index contributed by atoms with van der Waals surface area (Å²) in [7, 11) is 6.54. The maximum Gasteiger partial charge on any atom is 0.203 e. The summed E-state index contributed by atoms with van der Waals surface area (Å²) in [5, 5.41) is 6.67. The lowest BCUT2D eigenvalue weighted by Gasteiger charge is -2.18. The number of ether oxygens (including phenoxy) is 5. The average molecular weight is 444 g/mol. The Balaban J connectivity index is 1.70. The quantitative estimate of drug-likeness (QED) is 0.455. The highest BCUT2D eigenvalue weighted by Gasteiger charge is 2.22. The molecule has 0 fully saturated rings. The molecular weight excluding hydrogens is 410 g/mol. The molecule has 2 N–H and O–H groups in total. The molecule has 1 atom stereocenters. The lowest BCUT2D eigenvalue weighted by atomic mass is 10.1. The Hall–Kier alpha value is -3.29. The average Bonchev–Trinajstić information content (AvgIpc) is 3.17. The van der Waals surface area contributed by atoms with Crippen molar-refractivity contribution in [3.05, 3.63) is 41.0 Å². The molecule has 1 aliphatic rings. The number of nitrogens with zero attached hydrogens (tertiary/aromatic N) is 1. The van der Waals surface area contributed by atoms with E-state index in [2.05, 4.69) is 34.7 Å². The molecule has 3 rings (SSSR count). The van der Waals surface area contributed by atoms with E-state index in [-0.39, 0.29) is 6.10 Å². The maximum atomic E-state index is 5.92. The second-order valence-corrected chi connectivity index (χ2v) is 7.41. The number of nitrogens with one attached hydrogen (secondary N) is 2. The Morgan fingerprint density at radius 1 is 1.00 bits per heavy atom. The second kappa shape index (κ2) is 10.8. The van der Waals surface area contributed by atoms with Crippen molar-refractivity contribution in [1.29, 1.82) is 0 Å². The van der Waals surface area contributed by atoms with Crippen LogP contribution in [0.3, 0.4) is 0 Å².